The average Bonchev–Trinajstić information content (AvgIpc) is 3.21. The SMILES string of the molecule is COc1ccc(N2C[C@H](C(=O)N[C@@H](C)C(=O)N[C@@H]3CCCc4ccccc43)CC2=O)cc1. The predicted molar refractivity (Wildman–Crippen MR) is 121 cm³/mol. The van der Waals surface area contributed by atoms with E-state index < -0.39 is 12.0 Å². The standard InChI is InChI=1S/C25H29N3O4/c1-16(24(30)27-22-9-5-7-17-6-3-4-8-21(17)22)26-25(31)18-14-23(29)28(15-18)19-10-12-20(32-2)13-11-19/h3-4,6,8,10-13,16,18,22H,5,7,9,14-15H2,1-2H3,(H,26,31)(H,27,30)/t16-,18+,22+/m0/s1. The minimum atomic E-state index is -0.679. The highest BCUT2D eigenvalue weighted by atomic mass is 16.5. The summed E-state index contributed by atoms with van der Waals surface area (Å²) in [5.74, 6) is -0.381. The number of amides is 3. The van der Waals surface area contributed by atoms with Crippen LogP contribution in [0.25, 0.3) is 0 Å². The van der Waals surface area contributed by atoms with E-state index in [4.69, 9.17) is 4.74 Å². The second-order valence-corrected chi connectivity index (χ2v) is 8.49. The predicted octanol–water partition coefficient (Wildman–Crippen LogP) is 2.75. The monoisotopic (exact) mass is 435 g/mol. The summed E-state index contributed by atoms with van der Waals surface area (Å²) in [6.07, 6.45) is 3.06. The van der Waals surface area contributed by atoms with Crippen molar-refractivity contribution in [3.63, 3.8) is 0 Å². The van der Waals surface area contributed by atoms with Crippen LogP contribution in [-0.2, 0) is 20.8 Å². The fourth-order valence-corrected chi connectivity index (χ4v) is 4.49. The van der Waals surface area contributed by atoms with E-state index in [0.29, 0.717) is 12.3 Å². The van der Waals surface area contributed by atoms with E-state index in [2.05, 4.69) is 22.8 Å². The van der Waals surface area contributed by atoms with Crippen LogP contribution in [0.15, 0.2) is 48.5 Å². The Morgan fingerprint density at radius 2 is 1.88 bits per heavy atom. The molecule has 0 bridgehead atoms. The van der Waals surface area contributed by atoms with Gasteiger partial charge in [0.1, 0.15) is 11.8 Å². The molecule has 1 aliphatic carbocycles. The molecule has 0 unspecified atom stereocenters. The molecule has 1 heterocycles. The van der Waals surface area contributed by atoms with Crippen LogP contribution in [0.4, 0.5) is 5.69 Å². The lowest BCUT2D eigenvalue weighted by molar-refractivity contribution is -0.131. The number of nitrogens with one attached hydrogen (secondary N) is 2. The van der Waals surface area contributed by atoms with Gasteiger partial charge < -0.3 is 20.3 Å². The zero-order valence-electron chi connectivity index (χ0n) is 18.5. The number of nitrogens with zero attached hydrogens (tertiary/aromatic N) is 1. The van der Waals surface area contributed by atoms with Crippen LogP contribution in [-0.4, -0.2) is 37.4 Å². The largest absolute Gasteiger partial charge is 0.497 e. The van der Waals surface area contributed by atoms with Crippen LogP contribution in [0.3, 0.4) is 0 Å². The minimum Gasteiger partial charge on any atom is -0.497 e. The van der Waals surface area contributed by atoms with Crippen LogP contribution in [0, 0.1) is 5.92 Å². The minimum absolute atomic E-state index is 0.0366. The molecular weight excluding hydrogens is 406 g/mol. The Bertz CT molecular complexity index is 1000. The van der Waals surface area contributed by atoms with Gasteiger partial charge in [-0.3, -0.25) is 14.4 Å². The number of anilines is 1. The molecule has 3 atom stereocenters. The number of hydrogen-bond donors (Lipinski definition) is 2. The van der Waals surface area contributed by atoms with Crippen LogP contribution >= 0.6 is 0 Å². The highest BCUT2D eigenvalue weighted by molar-refractivity contribution is 6.01. The lowest BCUT2D eigenvalue weighted by atomic mass is 9.87. The number of rotatable bonds is 6. The molecule has 0 radical (unpaired) electrons. The third-order valence-corrected chi connectivity index (χ3v) is 6.32. The molecule has 7 heteroatoms. The van der Waals surface area contributed by atoms with Crippen LogP contribution in [0.1, 0.15) is 43.4 Å². The van der Waals surface area contributed by atoms with E-state index in [1.807, 2.05) is 12.1 Å². The first-order valence-electron chi connectivity index (χ1n) is 11.1. The Balaban J connectivity index is 1.33. The van der Waals surface area contributed by atoms with Crippen molar-refractivity contribution in [3.05, 3.63) is 59.7 Å². The topological polar surface area (TPSA) is 87.7 Å². The number of hydrogen-bond acceptors (Lipinski definition) is 4. The zero-order valence-corrected chi connectivity index (χ0v) is 18.5. The quantitative estimate of drug-likeness (QED) is 0.730. The third kappa shape index (κ3) is 4.61. The number of ether oxygens (including phenoxy) is 1. The summed E-state index contributed by atoms with van der Waals surface area (Å²) in [6, 6.07) is 14.6. The van der Waals surface area contributed by atoms with Gasteiger partial charge in [-0.2, -0.15) is 0 Å². The Kier molecular flexibility index (Phi) is 6.44. The van der Waals surface area contributed by atoms with Gasteiger partial charge in [-0.05, 0) is 61.6 Å². The molecule has 7 nitrogen and oxygen atoms in total. The van der Waals surface area contributed by atoms with Crippen molar-refractivity contribution in [3.8, 4) is 5.75 Å². The maximum absolute atomic E-state index is 12.8. The summed E-state index contributed by atoms with van der Waals surface area (Å²) in [5.41, 5.74) is 3.15. The van der Waals surface area contributed by atoms with Gasteiger partial charge in [-0.1, -0.05) is 24.3 Å². The fraction of sp³-hybridized carbons (Fsp3) is 0.400. The van der Waals surface area contributed by atoms with Gasteiger partial charge in [0.15, 0.2) is 0 Å². The van der Waals surface area contributed by atoms with Crippen molar-refractivity contribution in [1.82, 2.24) is 10.6 Å². The van der Waals surface area contributed by atoms with Crippen molar-refractivity contribution in [2.45, 2.75) is 44.7 Å². The highest BCUT2D eigenvalue weighted by Crippen LogP contribution is 2.30. The second-order valence-electron chi connectivity index (χ2n) is 8.49. The Morgan fingerprint density at radius 1 is 1.12 bits per heavy atom. The van der Waals surface area contributed by atoms with Gasteiger partial charge in [-0.15, -0.1) is 0 Å². The summed E-state index contributed by atoms with van der Waals surface area (Å²) >= 11 is 0. The molecule has 2 aliphatic rings. The number of benzene rings is 2. The van der Waals surface area contributed by atoms with Gasteiger partial charge in [0.05, 0.1) is 19.1 Å². The summed E-state index contributed by atoms with van der Waals surface area (Å²) in [7, 11) is 1.58. The molecular formula is C25H29N3O4. The molecule has 0 spiro atoms. The smallest absolute Gasteiger partial charge is 0.242 e. The molecule has 3 amide bonds. The number of carbonyl (C=O) groups excluding carboxylic acids is 3. The van der Waals surface area contributed by atoms with Crippen molar-refractivity contribution in [1.29, 1.82) is 0 Å². The van der Waals surface area contributed by atoms with E-state index in [1.165, 1.54) is 5.56 Å². The number of fused-ring (bicyclic) bond motifs is 1. The van der Waals surface area contributed by atoms with Gasteiger partial charge in [0, 0.05) is 18.7 Å². The molecule has 32 heavy (non-hydrogen) atoms. The Hall–Kier alpha value is -3.35. The number of methoxy groups -OCH3 is 1. The molecule has 0 saturated carbocycles. The van der Waals surface area contributed by atoms with Gasteiger partial charge in [0.25, 0.3) is 0 Å². The first-order valence-corrected chi connectivity index (χ1v) is 11.1. The van der Waals surface area contributed by atoms with E-state index in [1.54, 1.807) is 43.2 Å². The third-order valence-electron chi connectivity index (χ3n) is 6.32. The van der Waals surface area contributed by atoms with Crippen molar-refractivity contribution in [2.75, 3.05) is 18.6 Å². The maximum Gasteiger partial charge on any atom is 0.242 e. The average molecular weight is 436 g/mol. The number of carbonyl (C=O) groups is 3. The van der Waals surface area contributed by atoms with Gasteiger partial charge in [0.2, 0.25) is 17.7 Å². The van der Waals surface area contributed by atoms with Crippen LogP contribution in [0.5, 0.6) is 5.75 Å². The van der Waals surface area contributed by atoms with Gasteiger partial charge >= 0.3 is 0 Å². The highest BCUT2D eigenvalue weighted by Gasteiger charge is 2.36. The second kappa shape index (κ2) is 9.42. The molecule has 2 aromatic carbocycles. The normalized spacial score (nSPS) is 20.9. The lowest BCUT2D eigenvalue weighted by Crippen LogP contribution is -2.48. The Morgan fingerprint density at radius 3 is 2.62 bits per heavy atom. The van der Waals surface area contributed by atoms with Crippen molar-refractivity contribution >= 4 is 23.4 Å². The molecule has 0 aromatic heterocycles. The van der Waals surface area contributed by atoms with Gasteiger partial charge in [-0.25, -0.2) is 0 Å². The summed E-state index contributed by atoms with van der Waals surface area (Å²) in [4.78, 5) is 39.6. The fourth-order valence-electron chi connectivity index (χ4n) is 4.49. The first-order chi connectivity index (χ1) is 15.5. The number of aryl methyl sites for hydroxylation is 1. The van der Waals surface area contributed by atoms with Crippen LogP contribution in [0.2, 0.25) is 0 Å². The molecule has 2 aromatic rings. The van der Waals surface area contributed by atoms with E-state index >= 15 is 0 Å². The maximum atomic E-state index is 12.8. The van der Waals surface area contributed by atoms with E-state index in [-0.39, 0.29) is 30.2 Å². The molecule has 1 aliphatic heterocycles. The molecule has 4 rings (SSSR count). The molecule has 1 fully saturated rings. The van der Waals surface area contributed by atoms with E-state index in [9.17, 15) is 14.4 Å². The molecule has 1 saturated heterocycles. The molecule has 168 valence electrons. The Labute approximate surface area is 188 Å². The van der Waals surface area contributed by atoms with Crippen molar-refractivity contribution in [2.24, 2.45) is 5.92 Å². The molecule has 2 N–H and O–H groups in total. The summed E-state index contributed by atoms with van der Waals surface area (Å²) in [6.45, 7) is 1.97. The summed E-state index contributed by atoms with van der Waals surface area (Å²) < 4.78 is 5.15. The zero-order chi connectivity index (χ0) is 22.7. The van der Waals surface area contributed by atoms with Crippen molar-refractivity contribution < 1.29 is 19.1 Å². The lowest BCUT2D eigenvalue weighted by Gasteiger charge is -2.28. The summed E-state index contributed by atoms with van der Waals surface area (Å²) in [5, 5.41) is 5.88. The first kappa shape index (κ1) is 21.9. The van der Waals surface area contributed by atoms with Crippen LogP contribution < -0.4 is 20.3 Å². The van der Waals surface area contributed by atoms with E-state index in [0.717, 1.165) is 30.5 Å².